The Labute approximate surface area is 175 Å². The van der Waals surface area contributed by atoms with E-state index in [1.54, 1.807) is 0 Å². The van der Waals surface area contributed by atoms with Gasteiger partial charge in [0, 0.05) is 52.5 Å². The fraction of sp³-hybridized carbons (Fsp3) is 0.478. The topological polar surface area (TPSA) is 55.8 Å². The first-order valence-electron chi connectivity index (χ1n) is 10.7. The molecule has 1 aliphatic heterocycles. The average Bonchev–Trinajstić information content (AvgIpc) is 2.78. The van der Waals surface area contributed by atoms with Crippen molar-refractivity contribution in [2.75, 3.05) is 46.3 Å². The predicted octanol–water partition coefficient (Wildman–Crippen LogP) is 2.34. The van der Waals surface area contributed by atoms with Gasteiger partial charge in [0.1, 0.15) is 0 Å². The number of guanidine groups is 1. The van der Waals surface area contributed by atoms with E-state index in [0.717, 1.165) is 44.3 Å². The van der Waals surface area contributed by atoms with E-state index >= 15 is 0 Å². The number of nitrogens with zero attached hydrogens (tertiary/aromatic N) is 4. The molecular formula is C23H34N6. The molecule has 3 rings (SSSR count). The second-order valence-electron chi connectivity index (χ2n) is 7.48. The first-order valence-corrected chi connectivity index (χ1v) is 10.7. The lowest BCUT2D eigenvalue weighted by Crippen LogP contribution is -2.46. The normalized spacial score (nSPS) is 16.0. The number of pyridine rings is 1. The van der Waals surface area contributed by atoms with E-state index in [-0.39, 0.29) is 0 Å². The molecule has 29 heavy (non-hydrogen) atoms. The molecule has 1 aromatic carbocycles. The summed E-state index contributed by atoms with van der Waals surface area (Å²) in [5, 5.41) is 6.71. The van der Waals surface area contributed by atoms with E-state index in [1.807, 2.05) is 31.4 Å². The van der Waals surface area contributed by atoms with Crippen LogP contribution in [-0.2, 0) is 13.1 Å². The van der Waals surface area contributed by atoms with Gasteiger partial charge in [0.2, 0.25) is 0 Å². The Kier molecular flexibility index (Phi) is 8.94. The van der Waals surface area contributed by atoms with Gasteiger partial charge >= 0.3 is 0 Å². The van der Waals surface area contributed by atoms with E-state index in [2.05, 4.69) is 60.7 Å². The van der Waals surface area contributed by atoms with E-state index in [1.165, 1.54) is 31.6 Å². The monoisotopic (exact) mass is 394 g/mol. The molecule has 0 unspecified atom stereocenters. The highest BCUT2D eigenvalue weighted by Crippen LogP contribution is 2.09. The largest absolute Gasteiger partial charge is 0.356 e. The molecular weight excluding hydrogens is 360 g/mol. The minimum atomic E-state index is 0.688. The summed E-state index contributed by atoms with van der Waals surface area (Å²) >= 11 is 0. The van der Waals surface area contributed by atoms with Crippen LogP contribution in [0.4, 0.5) is 0 Å². The van der Waals surface area contributed by atoms with Gasteiger partial charge in [-0.25, -0.2) is 0 Å². The molecule has 0 radical (unpaired) electrons. The molecule has 6 heteroatoms. The van der Waals surface area contributed by atoms with Crippen molar-refractivity contribution in [3.63, 3.8) is 0 Å². The molecule has 0 bridgehead atoms. The summed E-state index contributed by atoms with van der Waals surface area (Å²) in [7, 11) is 1.81. The fourth-order valence-electron chi connectivity index (χ4n) is 3.58. The van der Waals surface area contributed by atoms with Crippen LogP contribution in [0.1, 0.15) is 24.1 Å². The second kappa shape index (κ2) is 12.2. The fourth-order valence-corrected chi connectivity index (χ4v) is 3.58. The van der Waals surface area contributed by atoms with Crippen LogP contribution in [0, 0.1) is 0 Å². The second-order valence-corrected chi connectivity index (χ2v) is 7.48. The third-order valence-electron chi connectivity index (χ3n) is 5.29. The third-order valence-corrected chi connectivity index (χ3v) is 5.29. The summed E-state index contributed by atoms with van der Waals surface area (Å²) < 4.78 is 0. The van der Waals surface area contributed by atoms with Crippen LogP contribution < -0.4 is 10.6 Å². The van der Waals surface area contributed by atoms with Crippen LogP contribution in [0.25, 0.3) is 0 Å². The van der Waals surface area contributed by atoms with E-state index in [0.29, 0.717) is 6.54 Å². The highest BCUT2D eigenvalue weighted by atomic mass is 15.3. The van der Waals surface area contributed by atoms with Crippen LogP contribution in [0.3, 0.4) is 0 Å². The van der Waals surface area contributed by atoms with E-state index in [9.17, 15) is 0 Å². The van der Waals surface area contributed by atoms with Gasteiger partial charge in [0.25, 0.3) is 0 Å². The Bertz CT molecular complexity index is 711. The van der Waals surface area contributed by atoms with Crippen molar-refractivity contribution in [3.05, 3.63) is 66.0 Å². The summed E-state index contributed by atoms with van der Waals surface area (Å²) in [4.78, 5) is 13.8. The zero-order chi connectivity index (χ0) is 20.2. The molecule has 0 saturated carbocycles. The van der Waals surface area contributed by atoms with Crippen molar-refractivity contribution < 1.29 is 0 Å². The average molecular weight is 395 g/mol. The lowest BCUT2D eigenvalue weighted by molar-refractivity contribution is 0.126. The summed E-state index contributed by atoms with van der Waals surface area (Å²) in [5.74, 6) is 0.838. The van der Waals surface area contributed by atoms with Crippen molar-refractivity contribution in [1.29, 1.82) is 0 Å². The molecule has 1 fully saturated rings. The Morgan fingerprint density at radius 1 is 0.931 bits per heavy atom. The molecule has 0 amide bonds. The molecule has 156 valence electrons. The van der Waals surface area contributed by atoms with Gasteiger partial charge in [0.15, 0.2) is 5.96 Å². The molecule has 2 heterocycles. The highest BCUT2D eigenvalue weighted by molar-refractivity contribution is 5.79. The van der Waals surface area contributed by atoms with Crippen LogP contribution in [-0.4, -0.2) is 67.1 Å². The zero-order valence-corrected chi connectivity index (χ0v) is 17.6. The smallest absolute Gasteiger partial charge is 0.191 e. The maximum atomic E-state index is 4.32. The van der Waals surface area contributed by atoms with Gasteiger partial charge in [-0.2, -0.15) is 0 Å². The number of nitrogens with one attached hydrogen (secondary N) is 2. The predicted molar refractivity (Wildman–Crippen MR) is 120 cm³/mol. The highest BCUT2D eigenvalue weighted by Gasteiger charge is 2.16. The van der Waals surface area contributed by atoms with Gasteiger partial charge in [-0.3, -0.25) is 14.9 Å². The van der Waals surface area contributed by atoms with Crippen molar-refractivity contribution in [2.45, 2.75) is 25.9 Å². The van der Waals surface area contributed by atoms with E-state index < -0.39 is 0 Å². The minimum absolute atomic E-state index is 0.688. The quantitative estimate of drug-likeness (QED) is 0.388. The van der Waals surface area contributed by atoms with Crippen molar-refractivity contribution >= 4 is 5.96 Å². The number of hydrogen-bond acceptors (Lipinski definition) is 4. The Morgan fingerprint density at radius 2 is 1.69 bits per heavy atom. The zero-order valence-electron chi connectivity index (χ0n) is 17.6. The summed E-state index contributed by atoms with van der Waals surface area (Å²) in [6.07, 6.45) is 4.17. The van der Waals surface area contributed by atoms with E-state index in [4.69, 9.17) is 0 Å². The van der Waals surface area contributed by atoms with Gasteiger partial charge < -0.3 is 15.5 Å². The maximum Gasteiger partial charge on any atom is 0.191 e. The number of benzene rings is 1. The van der Waals surface area contributed by atoms with Gasteiger partial charge in [-0.15, -0.1) is 0 Å². The Morgan fingerprint density at radius 3 is 2.41 bits per heavy atom. The summed E-state index contributed by atoms with van der Waals surface area (Å²) in [5.41, 5.74) is 2.43. The van der Waals surface area contributed by atoms with Crippen LogP contribution >= 0.6 is 0 Å². The first kappa shape index (κ1) is 21.3. The van der Waals surface area contributed by atoms with Crippen LogP contribution in [0.2, 0.25) is 0 Å². The van der Waals surface area contributed by atoms with Crippen molar-refractivity contribution in [2.24, 2.45) is 4.99 Å². The molecule has 2 N–H and O–H groups in total. The first-order chi connectivity index (χ1) is 14.3. The van der Waals surface area contributed by atoms with Crippen molar-refractivity contribution in [1.82, 2.24) is 25.4 Å². The summed E-state index contributed by atoms with van der Waals surface area (Å²) in [6.45, 7) is 8.56. The van der Waals surface area contributed by atoms with Gasteiger partial charge in [0.05, 0.1) is 12.2 Å². The number of unbranched alkanes of at least 4 members (excludes halogenated alkanes) is 1. The van der Waals surface area contributed by atoms with Gasteiger partial charge in [-0.05, 0) is 37.1 Å². The summed E-state index contributed by atoms with van der Waals surface area (Å²) in [6, 6.07) is 16.7. The Hall–Kier alpha value is -2.44. The molecule has 2 aromatic rings. The number of rotatable bonds is 9. The molecule has 0 atom stereocenters. The lowest BCUT2D eigenvalue weighted by Gasteiger charge is -2.34. The Balaban J connectivity index is 1.23. The molecule has 1 aromatic heterocycles. The number of aromatic nitrogens is 1. The standard InChI is InChI=1S/C23H34N6/c1-24-23(27-19-22-11-5-6-12-25-22)26-13-7-8-14-28-15-17-29(18-16-28)20-21-9-3-2-4-10-21/h2-6,9-12H,7-8,13-20H2,1H3,(H2,24,26,27). The van der Waals surface area contributed by atoms with Crippen LogP contribution in [0.15, 0.2) is 59.7 Å². The number of piperazine rings is 1. The SMILES string of the molecule is CN=C(NCCCCN1CCN(Cc2ccccc2)CC1)NCc1ccccn1. The lowest BCUT2D eigenvalue weighted by atomic mass is 10.2. The molecule has 0 spiro atoms. The van der Waals surface area contributed by atoms with Gasteiger partial charge in [-0.1, -0.05) is 36.4 Å². The molecule has 1 saturated heterocycles. The number of hydrogen-bond donors (Lipinski definition) is 2. The minimum Gasteiger partial charge on any atom is -0.356 e. The molecule has 1 aliphatic rings. The van der Waals surface area contributed by atoms with Crippen molar-refractivity contribution in [3.8, 4) is 0 Å². The number of aliphatic imine (C=N–C) groups is 1. The maximum absolute atomic E-state index is 4.32. The third kappa shape index (κ3) is 7.83. The van der Waals surface area contributed by atoms with Crippen LogP contribution in [0.5, 0.6) is 0 Å². The molecule has 6 nitrogen and oxygen atoms in total. The molecule has 0 aliphatic carbocycles.